The molecule has 0 aliphatic heterocycles. The second-order valence-corrected chi connectivity index (χ2v) is 5.93. The summed E-state index contributed by atoms with van der Waals surface area (Å²) in [6.45, 7) is 6.46. The summed E-state index contributed by atoms with van der Waals surface area (Å²) in [6.07, 6.45) is 2.12. The number of thioether (sulfide) groups is 1. The lowest BCUT2D eigenvalue weighted by Crippen LogP contribution is -2.10. The van der Waals surface area contributed by atoms with Gasteiger partial charge in [0.1, 0.15) is 0 Å². The van der Waals surface area contributed by atoms with E-state index in [9.17, 15) is 0 Å². The number of nitrogens with zero attached hydrogens (tertiary/aromatic N) is 2. The number of imidazole rings is 1. The monoisotopic (exact) mass is 275 g/mol. The summed E-state index contributed by atoms with van der Waals surface area (Å²) in [6, 6.07) is 10.6. The van der Waals surface area contributed by atoms with Crippen LogP contribution in [0.4, 0.5) is 11.6 Å². The number of anilines is 2. The van der Waals surface area contributed by atoms with Crippen molar-refractivity contribution in [2.45, 2.75) is 26.8 Å². The Morgan fingerprint density at radius 3 is 2.74 bits per heavy atom. The zero-order valence-electron chi connectivity index (χ0n) is 11.8. The topological polar surface area (TPSA) is 29.9 Å². The third-order valence-corrected chi connectivity index (χ3v) is 4.05. The molecule has 1 N–H and O–H groups in total. The molecular weight excluding hydrogens is 254 g/mol. The first-order valence-electron chi connectivity index (χ1n) is 6.66. The van der Waals surface area contributed by atoms with Crippen LogP contribution in [0.2, 0.25) is 0 Å². The predicted octanol–water partition coefficient (Wildman–Crippen LogP) is 4.25. The maximum absolute atomic E-state index is 4.58. The van der Waals surface area contributed by atoms with E-state index < -0.39 is 0 Å². The smallest absolute Gasteiger partial charge is 0.207 e. The van der Waals surface area contributed by atoms with Gasteiger partial charge in [0.15, 0.2) is 0 Å². The van der Waals surface area contributed by atoms with E-state index in [-0.39, 0.29) is 0 Å². The van der Waals surface area contributed by atoms with E-state index in [1.54, 1.807) is 0 Å². The number of benzene rings is 1. The fraction of sp³-hybridized carbons (Fsp3) is 0.400. The Hall–Kier alpha value is -1.42. The van der Waals surface area contributed by atoms with Crippen molar-refractivity contribution in [1.29, 1.82) is 0 Å². The minimum absolute atomic E-state index is 0.442. The van der Waals surface area contributed by atoms with Gasteiger partial charge in [-0.05, 0) is 31.7 Å². The van der Waals surface area contributed by atoms with Gasteiger partial charge in [-0.3, -0.25) is 0 Å². The van der Waals surface area contributed by atoms with E-state index in [1.165, 1.54) is 0 Å². The molecule has 2 aromatic rings. The van der Waals surface area contributed by atoms with Crippen LogP contribution in [-0.4, -0.2) is 21.1 Å². The van der Waals surface area contributed by atoms with Crippen molar-refractivity contribution in [3.05, 3.63) is 42.2 Å². The third kappa shape index (κ3) is 3.77. The summed E-state index contributed by atoms with van der Waals surface area (Å²) in [4.78, 5) is 4.58. The Bertz CT molecular complexity index is 507. The minimum Gasteiger partial charge on any atom is -0.326 e. The number of para-hydroxylation sites is 1. The van der Waals surface area contributed by atoms with Crippen molar-refractivity contribution in [1.82, 2.24) is 9.55 Å². The third-order valence-electron chi connectivity index (χ3n) is 2.92. The molecule has 0 fully saturated rings. The molecule has 4 heteroatoms. The van der Waals surface area contributed by atoms with Crippen molar-refractivity contribution in [3.63, 3.8) is 0 Å². The van der Waals surface area contributed by atoms with E-state index >= 15 is 0 Å². The summed E-state index contributed by atoms with van der Waals surface area (Å²) in [5, 5.41) is 3.39. The largest absolute Gasteiger partial charge is 0.326 e. The molecule has 0 aliphatic rings. The number of aromatic nitrogens is 2. The van der Waals surface area contributed by atoms with E-state index in [0.29, 0.717) is 6.04 Å². The van der Waals surface area contributed by atoms with Gasteiger partial charge < -0.3 is 9.88 Å². The van der Waals surface area contributed by atoms with Crippen molar-refractivity contribution < 1.29 is 0 Å². The SMILES string of the molecule is CCSCC(C)n1cc(C)nc1Nc1ccccc1. The van der Waals surface area contributed by atoms with Gasteiger partial charge in [0.25, 0.3) is 0 Å². The number of hydrogen-bond acceptors (Lipinski definition) is 3. The zero-order valence-corrected chi connectivity index (χ0v) is 12.6. The van der Waals surface area contributed by atoms with Gasteiger partial charge in [-0.25, -0.2) is 4.98 Å². The van der Waals surface area contributed by atoms with Crippen LogP contribution in [0.3, 0.4) is 0 Å². The zero-order chi connectivity index (χ0) is 13.7. The molecule has 0 saturated heterocycles. The van der Waals surface area contributed by atoms with Gasteiger partial charge in [0, 0.05) is 23.7 Å². The highest BCUT2D eigenvalue weighted by molar-refractivity contribution is 7.99. The summed E-state index contributed by atoms with van der Waals surface area (Å²) >= 11 is 1.96. The molecule has 2 rings (SSSR count). The Morgan fingerprint density at radius 1 is 1.32 bits per heavy atom. The van der Waals surface area contributed by atoms with Crippen LogP contribution in [0.15, 0.2) is 36.5 Å². The van der Waals surface area contributed by atoms with Crippen LogP contribution in [0, 0.1) is 6.92 Å². The highest BCUT2D eigenvalue weighted by Gasteiger charge is 2.11. The molecule has 0 saturated carbocycles. The van der Waals surface area contributed by atoms with Crippen molar-refractivity contribution >= 4 is 23.4 Å². The van der Waals surface area contributed by atoms with E-state index in [0.717, 1.165) is 28.8 Å². The summed E-state index contributed by atoms with van der Waals surface area (Å²) in [7, 11) is 0. The lowest BCUT2D eigenvalue weighted by molar-refractivity contribution is 0.617. The minimum atomic E-state index is 0.442. The van der Waals surface area contributed by atoms with Gasteiger partial charge in [-0.15, -0.1) is 0 Å². The van der Waals surface area contributed by atoms with Crippen LogP contribution in [0.1, 0.15) is 25.6 Å². The van der Waals surface area contributed by atoms with Gasteiger partial charge >= 0.3 is 0 Å². The fourth-order valence-electron chi connectivity index (χ4n) is 1.96. The van der Waals surface area contributed by atoms with Crippen LogP contribution >= 0.6 is 11.8 Å². The first kappa shape index (κ1) is 14.0. The van der Waals surface area contributed by atoms with E-state index in [4.69, 9.17) is 0 Å². The standard InChI is InChI=1S/C15H21N3S/c1-4-19-11-13(3)18-10-12(2)16-15(18)17-14-8-6-5-7-9-14/h5-10,13H,4,11H2,1-3H3,(H,16,17). The maximum atomic E-state index is 4.58. The lowest BCUT2D eigenvalue weighted by Gasteiger charge is -2.16. The first-order valence-corrected chi connectivity index (χ1v) is 7.81. The normalized spacial score (nSPS) is 12.4. The van der Waals surface area contributed by atoms with Gasteiger partial charge in [0.05, 0.1) is 5.69 Å². The highest BCUT2D eigenvalue weighted by Crippen LogP contribution is 2.22. The molecule has 0 radical (unpaired) electrons. The maximum Gasteiger partial charge on any atom is 0.207 e. The van der Waals surface area contributed by atoms with Crippen molar-refractivity contribution in [3.8, 4) is 0 Å². The Kier molecular flexibility index (Phi) is 4.91. The fourth-order valence-corrected chi connectivity index (χ4v) is 2.70. The van der Waals surface area contributed by atoms with Crippen molar-refractivity contribution in [2.75, 3.05) is 16.8 Å². The van der Waals surface area contributed by atoms with Crippen LogP contribution in [-0.2, 0) is 0 Å². The average Bonchev–Trinajstić information content (AvgIpc) is 2.78. The molecule has 1 heterocycles. The van der Waals surface area contributed by atoms with Crippen LogP contribution < -0.4 is 5.32 Å². The molecule has 0 bridgehead atoms. The highest BCUT2D eigenvalue weighted by atomic mass is 32.2. The van der Waals surface area contributed by atoms with Crippen LogP contribution in [0.5, 0.6) is 0 Å². The number of rotatable bonds is 6. The van der Waals surface area contributed by atoms with E-state index in [2.05, 4.69) is 47.0 Å². The van der Waals surface area contributed by atoms with Gasteiger partial charge in [0.2, 0.25) is 5.95 Å². The number of nitrogens with one attached hydrogen (secondary N) is 1. The van der Waals surface area contributed by atoms with Crippen molar-refractivity contribution in [2.24, 2.45) is 0 Å². The number of hydrogen-bond donors (Lipinski definition) is 1. The predicted molar refractivity (Wildman–Crippen MR) is 84.4 cm³/mol. The molecule has 1 aromatic heterocycles. The average molecular weight is 275 g/mol. The quantitative estimate of drug-likeness (QED) is 0.854. The second kappa shape index (κ2) is 6.66. The second-order valence-electron chi connectivity index (χ2n) is 4.61. The lowest BCUT2D eigenvalue weighted by atomic mass is 10.3. The molecular formula is C15H21N3S. The van der Waals surface area contributed by atoms with Gasteiger partial charge in [-0.2, -0.15) is 11.8 Å². The molecule has 19 heavy (non-hydrogen) atoms. The first-order chi connectivity index (χ1) is 9.20. The molecule has 102 valence electrons. The molecule has 1 atom stereocenters. The van der Waals surface area contributed by atoms with Crippen LogP contribution in [0.25, 0.3) is 0 Å². The molecule has 0 spiro atoms. The summed E-state index contributed by atoms with van der Waals surface area (Å²) in [5.41, 5.74) is 2.12. The molecule has 1 unspecified atom stereocenters. The Labute approximate surface area is 119 Å². The van der Waals surface area contributed by atoms with Gasteiger partial charge in [-0.1, -0.05) is 25.1 Å². The summed E-state index contributed by atoms with van der Waals surface area (Å²) < 4.78 is 2.23. The van der Waals surface area contributed by atoms with E-state index in [1.807, 2.05) is 36.9 Å². The molecule has 0 aliphatic carbocycles. The molecule has 0 amide bonds. The Balaban J connectivity index is 2.16. The molecule has 1 aromatic carbocycles. The number of aryl methyl sites for hydroxylation is 1. The molecule has 3 nitrogen and oxygen atoms in total. The Morgan fingerprint density at radius 2 is 2.05 bits per heavy atom. The summed E-state index contributed by atoms with van der Waals surface area (Å²) in [5.74, 6) is 3.18.